The van der Waals surface area contributed by atoms with Crippen LogP contribution >= 0.6 is 0 Å². The van der Waals surface area contributed by atoms with Gasteiger partial charge in [-0.05, 0) is 23.1 Å². The minimum absolute atomic E-state index is 0.403. The molecule has 1 aromatic carbocycles. The molecule has 0 aliphatic rings. The van der Waals surface area contributed by atoms with Crippen LogP contribution in [0.2, 0.25) is 0 Å². The molecule has 0 fully saturated rings. The molecule has 5 nitrogen and oxygen atoms in total. The van der Waals surface area contributed by atoms with Gasteiger partial charge < -0.3 is 5.32 Å². The number of nitrogens with two attached hydrogens (primary N) is 1. The van der Waals surface area contributed by atoms with Crippen molar-refractivity contribution in [2.75, 3.05) is 10.7 Å². The molecule has 2 rings (SSSR count). The normalized spacial score (nSPS) is 10.5. The minimum Gasteiger partial charge on any atom is -0.366 e. The maximum absolute atomic E-state index is 5.27. The summed E-state index contributed by atoms with van der Waals surface area (Å²) in [5.41, 5.74) is 4.98. The highest BCUT2D eigenvalue weighted by Crippen LogP contribution is 2.15. The van der Waals surface area contributed by atoms with Crippen LogP contribution in [0.25, 0.3) is 0 Å². The quantitative estimate of drug-likeness (QED) is 0.567. The van der Waals surface area contributed by atoms with Crippen LogP contribution in [0.4, 0.5) is 11.8 Å². The first kappa shape index (κ1) is 13.3. The molecule has 0 aliphatic heterocycles. The zero-order chi connectivity index (χ0) is 13.7. The van der Waals surface area contributed by atoms with Crippen molar-refractivity contribution in [1.82, 2.24) is 9.97 Å². The highest BCUT2D eigenvalue weighted by atomic mass is 15.3. The number of benzene rings is 1. The molecule has 0 radical (unpaired) electrons. The number of rotatable bonds is 5. The molecule has 0 saturated heterocycles. The molecule has 1 aromatic heterocycles. The van der Waals surface area contributed by atoms with Crippen molar-refractivity contribution in [1.29, 1.82) is 0 Å². The van der Waals surface area contributed by atoms with Gasteiger partial charge in [0.15, 0.2) is 0 Å². The van der Waals surface area contributed by atoms with Crippen LogP contribution < -0.4 is 16.6 Å². The first-order chi connectivity index (χ1) is 9.19. The Morgan fingerprint density at radius 1 is 1.16 bits per heavy atom. The summed E-state index contributed by atoms with van der Waals surface area (Å²) in [5.74, 6) is 6.97. The van der Waals surface area contributed by atoms with Gasteiger partial charge in [0, 0.05) is 12.7 Å². The zero-order valence-electron chi connectivity index (χ0n) is 11.2. The molecular formula is C14H19N5. The van der Waals surface area contributed by atoms with Crippen molar-refractivity contribution >= 4 is 11.8 Å². The molecular weight excluding hydrogens is 238 g/mol. The van der Waals surface area contributed by atoms with E-state index >= 15 is 0 Å². The second kappa shape index (κ2) is 6.15. The van der Waals surface area contributed by atoms with Gasteiger partial charge in [0.05, 0.1) is 0 Å². The van der Waals surface area contributed by atoms with E-state index in [1.54, 1.807) is 6.20 Å². The van der Waals surface area contributed by atoms with Crippen molar-refractivity contribution in [3.05, 3.63) is 47.7 Å². The minimum atomic E-state index is 0.403. The molecule has 0 amide bonds. The van der Waals surface area contributed by atoms with Gasteiger partial charge >= 0.3 is 0 Å². The second-order valence-electron chi connectivity index (χ2n) is 4.66. The average Bonchev–Trinajstić information content (AvgIpc) is 2.46. The van der Waals surface area contributed by atoms with Crippen LogP contribution in [-0.4, -0.2) is 9.97 Å². The number of anilines is 2. The summed E-state index contributed by atoms with van der Waals surface area (Å²) in [6.45, 7) is 5.10. The summed E-state index contributed by atoms with van der Waals surface area (Å²) >= 11 is 0. The molecule has 0 aliphatic carbocycles. The fourth-order valence-electron chi connectivity index (χ4n) is 1.74. The van der Waals surface area contributed by atoms with Gasteiger partial charge in [-0.25, -0.2) is 10.8 Å². The molecule has 0 unspecified atom stereocenters. The SMILES string of the molecule is CC(C)c1ccc(CNc2ccnc(NN)n2)cc1. The molecule has 2 aromatic rings. The molecule has 0 saturated carbocycles. The first-order valence-electron chi connectivity index (χ1n) is 6.31. The van der Waals surface area contributed by atoms with Crippen molar-refractivity contribution in [3.63, 3.8) is 0 Å². The molecule has 4 N–H and O–H groups in total. The summed E-state index contributed by atoms with van der Waals surface area (Å²) in [7, 11) is 0. The third-order valence-electron chi connectivity index (χ3n) is 2.90. The Morgan fingerprint density at radius 2 is 1.89 bits per heavy atom. The van der Waals surface area contributed by atoms with Gasteiger partial charge in [0.25, 0.3) is 0 Å². The van der Waals surface area contributed by atoms with E-state index in [0.717, 1.165) is 12.4 Å². The Kier molecular flexibility index (Phi) is 4.30. The number of nitrogens with one attached hydrogen (secondary N) is 2. The van der Waals surface area contributed by atoms with Crippen molar-refractivity contribution in [3.8, 4) is 0 Å². The third kappa shape index (κ3) is 3.66. The van der Waals surface area contributed by atoms with Gasteiger partial charge in [-0.2, -0.15) is 4.98 Å². The maximum Gasteiger partial charge on any atom is 0.239 e. The maximum atomic E-state index is 5.27. The van der Waals surface area contributed by atoms with E-state index < -0.39 is 0 Å². The lowest BCUT2D eigenvalue weighted by Crippen LogP contribution is -2.11. The summed E-state index contributed by atoms with van der Waals surface area (Å²) in [4.78, 5) is 8.15. The standard InChI is InChI=1S/C14H19N5/c1-10(2)12-5-3-11(4-6-12)9-17-13-7-8-16-14(18-13)19-15/h3-8,10H,9,15H2,1-2H3,(H2,16,17,18,19). The number of hydrogen-bond acceptors (Lipinski definition) is 5. The van der Waals surface area contributed by atoms with E-state index in [1.807, 2.05) is 6.07 Å². The molecule has 0 atom stereocenters. The Balaban J connectivity index is 1.98. The Morgan fingerprint density at radius 3 is 2.53 bits per heavy atom. The van der Waals surface area contributed by atoms with Crippen molar-refractivity contribution in [2.24, 2.45) is 5.84 Å². The van der Waals surface area contributed by atoms with E-state index in [2.05, 4.69) is 58.8 Å². The molecule has 100 valence electrons. The van der Waals surface area contributed by atoms with Gasteiger partial charge in [-0.3, -0.25) is 5.43 Å². The molecule has 19 heavy (non-hydrogen) atoms. The average molecular weight is 257 g/mol. The number of aromatic nitrogens is 2. The number of nitrogens with zero attached hydrogens (tertiary/aromatic N) is 2. The summed E-state index contributed by atoms with van der Waals surface area (Å²) in [6.07, 6.45) is 1.66. The number of hydrazine groups is 1. The van der Waals surface area contributed by atoms with Crippen LogP contribution in [0.1, 0.15) is 30.9 Å². The van der Waals surface area contributed by atoms with Crippen LogP contribution in [0.5, 0.6) is 0 Å². The predicted octanol–water partition coefficient (Wildman–Crippen LogP) is 2.50. The molecule has 5 heteroatoms. The lowest BCUT2D eigenvalue weighted by molar-refractivity contribution is 0.865. The van der Waals surface area contributed by atoms with Crippen molar-refractivity contribution < 1.29 is 0 Å². The van der Waals surface area contributed by atoms with E-state index in [4.69, 9.17) is 5.84 Å². The van der Waals surface area contributed by atoms with E-state index in [1.165, 1.54) is 11.1 Å². The third-order valence-corrected chi connectivity index (χ3v) is 2.90. The Hall–Kier alpha value is -2.14. The zero-order valence-corrected chi connectivity index (χ0v) is 11.2. The van der Waals surface area contributed by atoms with E-state index in [9.17, 15) is 0 Å². The van der Waals surface area contributed by atoms with Crippen LogP contribution in [0, 0.1) is 0 Å². The van der Waals surface area contributed by atoms with E-state index in [-0.39, 0.29) is 0 Å². The highest BCUT2D eigenvalue weighted by Gasteiger charge is 2.00. The van der Waals surface area contributed by atoms with Gasteiger partial charge in [-0.15, -0.1) is 0 Å². The number of nitrogen functional groups attached to an aromatic ring is 1. The highest BCUT2D eigenvalue weighted by molar-refractivity contribution is 5.40. The van der Waals surface area contributed by atoms with E-state index in [0.29, 0.717) is 11.9 Å². The van der Waals surface area contributed by atoms with Crippen LogP contribution in [-0.2, 0) is 6.54 Å². The second-order valence-corrected chi connectivity index (χ2v) is 4.66. The Labute approximate surface area is 113 Å². The fourth-order valence-corrected chi connectivity index (χ4v) is 1.74. The first-order valence-corrected chi connectivity index (χ1v) is 6.31. The predicted molar refractivity (Wildman–Crippen MR) is 77.7 cm³/mol. The van der Waals surface area contributed by atoms with Gasteiger partial charge in [0.2, 0.25) is 5.95 Å². The van der Waals surface area contributed by atoms with Gasteiger partial charge in [-0.1, -0.05) is 38.1 Å². The molecule has 0 spiro atoms. The Bertz CT molecular complexity index is 522. The lowest BCUT2D eigenvalue weighted by Gasteiger charge is -2.09. The largest absolute Gasteiger partial charge is 0.366 e. The smallest absolute Gasteiger partial charge is 0.239 e. The molecule has 0 bridgehead atoms. The summed E-state index contributed by atoms with van der Waals surface area (Å²) in [6, 6.07) is 10.4. The lowest BCUT2D eigenvalue weighted by atomic mass is 10.0. The van der Waals surface area contributed by atoms with Crippen LogP contribution in [0.3, 0.4) is 0 Å². The van der Waals surface area contributed by atoms with Crippen molar-refractivity contribution in [2.45, 2.75) is 26.3 Å². The number of hydrogen-bond donors (Lipinski definition) is 3. The summed E-state index contributed by atoms with van der Waals surface area (Å²) < 4.78 is 0. The molecule has 1 heterocycles. The fraction of sp³-hybridized carbons (Fsp3) is 0.286. The van der Waals surface area contributed by atoms with Gasteiger partial charge in [0.1, 0.15) is 5.82 Å². The monoisotopic (exact) mass is 257 g/mol. The summed E-state index contributed by atoms with van der Waals surface area (Å²) in [5, 5.41) is 3.24. The topological polar surface area (TPSA) is 75.9 Å². The van der Waals surface area contributed by atoms with Crippen LogP contribution in [0.15, 0.2) is 36.5 Å².